The fourth-order valence-electron chi connectivity index (χ4n) is 1.89. The van der Waals surface area contributed by atoms with Crippen molar-refractivity contribution in [1.29, 1.82) is 0 Å². The highest BCUT2D eigenvalue weighted by molar-refractivity contribution is 7.18. The molecule has 7 nitrogen and oxygen atoms in total. The summed E-state index contributed by atoms with van der Waals surface area (Å²) in [4.78, 5) is 25.9. The van der Waals surface area contributed by atoms with Crippen molar-refractivity contribution in [2.24, 2.45) is 0 Å². The van der Waals surface area contributed by atoms with Gasteiger partial charge in [-0.1, -0.05) is 0 Å². The van der Waals surface area contributed by atoms with E-state index in [1.54, 1.807) is 11.3 Å². The molecule has 0 N–H and O–H groups in total. The minimum atomic E-state index is -0.577. The second-order valence-corrected chi connectivity index (χ2v) is 5.37. The van der Waals surface area contributed by atoms with Crippen LogP contribution in [-0.2, 0) is 4.74 Å². The molecule has 0 bridgehead atoms. The zero-order chi connectivity index (χ0) is 14.3. The highest BCUT2D eigenvalue weighted by Crippen LogP contribution is 2.31. The average Bonchev–Trinajstić information content (AvgIpc) is 3.04. The summed E-state index contributed by atoms with van der Waals surface area (Å²) in [6.45, 7) is 4.05. The number of methoxy groups -OCH3 is 1. The Morgan fingerprint density at radius 3 is 2.85 bits per heavy atom. The normalized spacial score (nSPS) is 10.9. The van der Waals surface area contributed by atoms with Gasteiger partial charge in [-0.15, -0.1) is 16.4 Å². The van der Waals surface area contributed by atoms with Crippen molar-refractivity contribution < 1.29 is 9.53 Å². The number of esters is 1. The Bertz CT molecular complexity index is 807. The van der Waals surface area contributed by atoms with Crippen molar-refractivity contribution in [2.75, 3.05) is 7.11 Å². The molecular formula is C12H11N5O2S. The number of rotatable bonds is 2. The first-order chi connectivity index (χ1) is 9.61. The number of fused-ring (bicyclic) bond motifs is 1. The van der Waals surface area contributed by atoms with Crippen molar-refractivity contribution in [3.05, 3.63) is 28.9 Å². The van der Waals surface area contributed by atoms with Crippen molar-refractivity contribution in [2.45, 2.75) is 13.8 Å². The quantitative estimate of drug-likeness (QED) is 0.667. The zero-order valence-electron chi connectivity index (χ0n) is 11.1. The smallest absolute Gasteiger partial charge is 0.377 e. The summed E-state index contributed by atoms with van der Waals surface area (Å²) >= 11 is 1.60. The van der Waals surface area contributed by atoms with Crippen molar-refractivity contribution >= 4 is 27.5 Å². The molecule has 3 aromatic rings. The first kappa shape index (κ1) is 12.7. The molecule has 0 amide bonds. The monoisotopic (exact) mass is 289 g/mol. The summed E-state index contributed by atoms with van der Waals surface area (Å²) in [6, 6.07) is 0. The van der Waals surface area contributed by atoms with Crippen LogP contribution < -0.4 is 0 Å². The van der Waals surface area contributed by atoms with Gasteiger partial charge in [-0.3, -0.25) is 0 Å². The molecule has 0 aliphatic rings. The molecule has 0 unspecified atom stereocenters. The first-order valence-corrected chi connectivity index (χ1v) is 6.64. The van der Waals surface area contributed by atoms with Gasteiger partial charge < -0.3 is 4.74 Å². The average molecular weight is 289 g/mol. The van der Waals surface area contributed by atoms with E-state index in [1.165, 1.54) is 29.3 Å². The molecule has 3 aromatic heterocycles. The summed E-state index contributed by atoms with van der Waals surface area (Å²) < 4.78 is 6.06. The number of hydrogen-bond donors (Lipinski definition) is 0. The van der Waals surface area contributed by atoms with Gasteiger partial charge >= 0.3 is 5.97 Å². The fraction of sp³-hybridized carbons (Fsp3) is 0.250. The van der Waals surface area contributed by atoms with E-state index in [-0.39, 0.29) is 5.82 Å². The lowest BCUT2D eigenvalue weighted by atomic mass is 10.2. The van der Waals surface area contributed by atoms with Crippen LogP contribution in [0.3, 0.4) is 0 Å². The number of ether oxygens (including phenoxy) is 1. The number of carbonyl (C=O) groups excluding carboxylic acids is 1. The van der Waals surface area contributed by atoms with Gasteiger partial charge in [0.25, 0.3) is 5.82 Å². The van der Waals surface area contributed by atoms with E-state index in [0.29, 0.717) is 5.82 Å². The number of nitrogens with zero attached hydrogens (tertiary/aromatic N) is 5. The summed E-state index contributed by atoms with van der Waals surface area (Å²) in [5.74, 6) is 0.0376. The lowest BCUT2D eigenvalue weighted by molar-refractivity contribution is 0.0587. The highest BCUT2D eigenvalue weighted by Gasteiger charge is 2.17. The molecule has 3 heterocycles. The van der Waals surface area contributed by atoms with Crippen LogP contribution in [0.15, 0.2) is 12.7 Å². The van der Waals surface area contributed by atoms with Crippen LogP contribution in [-0.4, -0.2) is 37.8 Å². The van der Waals surface area contributed by atoms with Crippen molar-refractivity contribution in [1.82, 2.24) is 24.7 Å². The summed E-state index contributed by atoms with van der Waals surface area (Å²) in [5, 5.41) is 5.02. The van der Waals surface area contributed by atoms with Gasteiger partial charge in [-0.05, 0) is 19.4 Å². The Hall–Kier alpha value is -2.35. The molecule has 3 rings (SSSR count). The first-order valence-electron chi connectivity index (χ1n) is 5.83. The maximum atomic E-state index is 11.4. The molecule has 0 fully saturated rings. The number of carbonyl (C=O) groups is 1. The molecule has 0 radical (unpaired) electrons. The van der Waals surface area contributed by atoms with E-state index in [0.717, 1.165) is 15.8 Å². The minimum Gasteiger partial charge on any atom is -0.463 e. The van der Waals surface area contributed by atoms with Crippen molar-refractivity contribution in [3.8, 4) is 5.82 Å². The van der Waals surface area contributed by atoms with Crippen LogP contribution in [0.4, 0.5) is 0 Å². The summed E-state index contributed by atoms with van der Waals surface area (Å²) in [6.07, 6.45) is 2.92. The standard InChI is InChI=1S/C12H11N5O2S/c1-6-7(2)20-11-8(6)10(13-4-14-11)17-5-15-9(16-17)12(18)19-3/h4-5H,1-3H3. The molecule has 0 saturated heterocycles. The molecule has 0 spiro atoms. The largest absolute Gasteiger partial charge is 0.463 e. The van der Waals surface area contributed by atoms with E-state index in [2.05, 4.69) is 24.8 Å². The lowest BCUT2D eigenvalue weighted by Gasteiger charge is -2.01. The fourth-order valence-corrected chi connectivity index (χ4v) is 2.88. The second kappa shape index (κ2) is 4.64. The van der Waals surface area contributed by atoms with Gasteiger partial charge in [0.1, 0.15) is 17.5 Å². The van der Waals surface area contributed by atoms with Crippen molar-refractivity contribution in [3.63, 3.8) is 0 Å². The molecule has 0 aromatic carbocycles. The van der Waals surface area contributed by atoms with Gasteiger partial charge in [-0.25, -0.2) is 24.4 Å². The Labute approximate surface area is 118 Å². The van der Waals surface area contributed by atoms with Crippen LogP contribution in [0.1, 0.15) is 21.1 Å². The Morgan fingerprint density at radius 1 is 1.30 bits per heavy atom. The molecule has 20 heavy (non-hydrogen) atoms. The van der Waals surface area contributed by atoms with E-state index < -0.39 is 5.97 Å². The SMILES string of the molecule is COC(=O)c1ncn(-c2ncnc3sc(C)c(C)c23)n1. The third-order valence-corrected chi connectivity index (χ3v) is 4.14. The number of aryl methyl sites for hydroxylation is 2. The van der Waals surface area contributed by atoms with E-state index in [9.17, 15) is 4.79 Å². The maximum absolute atomic E-state index is 11.4. The number of aromatic nitrogens is 5. The van der Waals surface area contributed by atoms with Gasteiger partial charge in [0.05, 0.1) is 12.5 Å². The molecule has 102 valence electrons. The van der Waals surface area contributed by atoms with Crippen LogP contribution >= 0.6 is 11.3 Å². The van der Waals surface area contributed by atoms with Gasteiger partial charge in [0, 0.05) is 4.88 Å². The molecule has 0 aliphatic carbocycles. The van der Waals surface area contributed by atoms with Gasteiger partial charge in [0.15, 0.2) is 5.82 Å². The van der Waals surface area contributed by atoms with E-state index in [1.807, 2.05) is 13.8 Å². The lowest BCUT2D eigenvalue weighted by Crippen LogP contribution is -2.06. The predicted molar refractivity (Wildman–Crippen MR) is 73.1 cm³/mol. The molecule has 8 heteroatoms. The number of thiophene rings is 1. The molecule has 0 saturated carbocycles. The van der Waals surface area contributed by atoms with E-state index in [4.69, 9.17) is 0 Å². The maximum Gasteiger partial charge on any atom is 0.377 e. The van der Waals surface area contributed by atoms with E-state index >= 15 is 0 Å². The van der Waals surface area contributed by atoms with Crippen LogP contribution in [0.2, 0.25) is 0 Å². The van der Waals surface area contributed by atoms with Crippen LogP contribution in [0.5, 0.6) is 0 Å². The Kier molecular flexibility index (Phi) is 2.94. The van der Waals surface area contributed by atoms with Crippen LogP contribution in [0, 0.1) is 13.8 Å². The Morgan fingerprint density at radius 2 is 2.10 bits per heavy atom. The Balaban J connectivity index is 2.19. The predicted octanol–water partition coefficient (Wildman–Crippen LogP) is 1.68. The van der Waals surface area contributed by atoms with Gasteiger partial charge in [0.2, 0.25) is 0 Å². The molecular weight excluding hydrogens is 278 g/mol. The number of hydrogen-bond acceptors (Lipinski definition) is 7. The minimum absolute atomic E-state index is 0.00358. The van der Waals surface area contributed by atoms with Gasteiger partial charge in [-0.2, -0.15) is 0 Å². The topological polar surface area (TPSA) is 82.8 Å². The third-order valence-electron chi connectivity index (χ3n) is 3.02. The van der Waals surface area contributed by atoms with Crippen LogP contribution in [0.25, 0.3) is 16.0 Å². The molecule has 0 atom stereocenters. The third kappa shape index (κ3) is 1.85. The summed E-state index contributed by atoms with van der Waals surface area (Å²) in [5.41, 5.74) is 1.11. The molecule has 0 aliphatic heterocycles. The highest BCUT2D eigenvalue weighted by atomic mass is 32.1. The second-order valence-electron chi connectivity index (χ2n) is 4.17. The summed E-state index contributed by atoms with van der Waals surface area (Å²) in [7, 11) is 1.29. The zero-order valence-corrected chi connectivity index (χ0v) is 11.9.